The summed E-state index contributed by atoms with van der Waals surface area (Å²) in [5.74, 6) is 1.94. The zero-order valence-corrected chi connectivity index (χ0v) is 21.8. The Bertz CT molecular complexity index is 1480. The highest BCUT2D eigenvalue weighted by Gasteiger charge is 2.35. The molecule has 5 rings (SSSR count). The third-order valence-corrected chi connectivity index (χ3v) is 6.98. The largest absolute Gasteiger partial charge is 0.495 e. The summed E-state index contributed by atoms with van der Waals surface area (Å²) < 4.78 is 14.9. The molecule has 0 saturated carbocycles. The average molecular weight is 526 g/mol. The number of imidazole rings is 1. The van der Waals surface area contributed by atoms with Gasteiger partial charge in [0, 0.05) is 57.1 Å². The lowest BCUT2D eigenvalue weighted by Crippen LogP contribution is -2.38. The lowest BCUT2D eigenvalue weighted by Gasteiger charge is -2.35. The van der Waals surface area contributed by atoms with Crippen molar-refractivity contribution in [3.63, 3.8) is 0 Å². The second-order valence-corrected chi connectivity index (χ2v) is 9.26. The first kappa shape index (κ1) is 24.3. The van der Waals surface area contributed by atoms with E-state index in [0.717, 1.165) is 28.0 Å². The molecule has 4 heterocycles. The van der Waals surface area contributed by atoms with Crippen molar-refractivity contribution in [2.75, 3.05) is 19.1 Å². The third-order valence-electron chi connectivity index (χ3n) is 6.15. The number of anilines is 1. The second-order valence-electron chi connectivity index (χ2n) is 8.41. The molecule has 36 heavy (non-hydrogen) atoms. The maximum Gasteiger partial charge on any atom is 0.137 e. The summed E-state index contributed by atoms with van der Waals surface area (Å²) in [6.45, 7) is 0.375. The Hall–Kier alpha value is -3.40. The summed E-state index contributed by atoms with van der Waals surface area (Å²) in [6.07, 6.45) is 10.5. The summed E-state index contributed by atoms with van der Waals surface area (Å²) >= 11 is 13.8. The van der Waals surface area contributed by atoms with Gasteiger partial charge in [-0.2, -0.15) is 5.10 Å². The number of aryl methyl sites for hydroxylation is 2. The molecule has 0 aromatic carbocycles. The summed E-state index contributed by atoms with van der Waals surface area (Å²) in [5.41, 5.74) is 3.99. The van der Waals surface area contributed by atoms with Crippen molar-refractivity contribution in [3.8, 4) is 11.1 Å². The van der Waals surface area contributed by atoms with Crippen LogP contribution in [0.1, 0.15) is 5.82 Å². The number of rotatable bonds is 7. The number of aromatic nitrogens is 6. The molecule has 0 saturated heterocycles. The molecule has 1 aliphatic carbocycles. The van der Waals surface area contributed by atoms with Crippen molar-refractivity contribution in [2.24, 2.45) is 14.1 Å². The van der Waals surface area contributed by atoms with E-state index < -0.39 is 11.5 Å². The van der Waals surface area contributed by atoms with Crippen LogP contribution in [-0.4, -0.2) is 55.0 Å². The van der Waals surface area contributed by atoms with Crippen LogP contribution < -0.4 is 4.90 Å². The number of fused-ring (bicyclic) bond motifs is 1. The van der Waals surface area contributed by atoms with E-state index in [1.54, 1.807) is 37.4 Å². The number of hydrogen-bond acceptors (Lipinski definition) is 7. The predicted molar refractivity (Wildman–Crippen MR) is 140 cm³/mol. The molecule has 2 unspecified atom stereocenters. The zero-order valence-electron chi connectivity index (χ0n) is 20.3. The quantitative estimate of drug-likeness (QED) is 0.331. The van der Waals surface area contributed by atoms with Gasteiger partial charge in [0.25, 0.3) is 0 Å². The van der Waals surface area contributed by atoms with E-state index >= 15 is 0 Å². The fourth-order valence-corrected chi connectivity index (χ4v) is 4.99. The highest BCUT2D eigenvalue weighted by molar-refractivity contribution is 6.34. The molecule has 0 bridgehead atoms. The summed E-state index contributed by atoms with van der Waals surface area (Å²) in [7, 11) is 6.98. The monoisotopic (exact) mass is 525 g/mol. The van der Waals surface area contributed by atoms with Crippen molar-refractivity contribution >= 4 is 40.1 Å². The molecule has 0 N–H and O–H groups in total. The van der Waals surface area contributed by atoms with Gasteiger partial charge in [-0.05, 0) is 24.3 Å². The van der Waals surface area contributed by atoms with Crippen molar-refractivity contribution in [2.45, 2.75) is 18.0 Å². The third kappa shape index (κ3) is 4.45. The summed E-state index contributed by atoms with van der Waals surface area (Å²) in [6, 6.07) is 5.82. The second kappa shape index (κ2) is 9.93. The van der Waals surface area contributed by atoms with Gasteiger partial charge in [0.05, 0.1) is 36.6 Å². The van der Waals surface area contributed by atoms with Gasteiger partial charge in [0.2, 0.25) is 0 Å². The number of halogens is 2. The molecule has 2 atom stereocenters. The first-order chi connectivity index (χ1) is 17.4. The van der Waals surface area contributed by atoms with Crippen LogP contribution in [-0.2, 0) is 30.1 Å². The molecule has 4 aromatic rings. The minimum absolute atomic E-state index is 0.375. The van der Waals surface area contributed by atoms with Crippen LogP contribution in [0.4, 0.5) is 5.82 Å². The van der Waals surface area contributed by atoms with Gasteiger partial charge in [-0.15, -0.1) is 11.6 Å². The molecule has 0 radical (unpaired) electrons. The molecule has 0 amide bonds. The topological polar surface area (TPSA) is 83.1 Å². The molecule has 186 valence electrons. The van der Waals surface area contributed by atoms with Crippen LogP contribution in [0.15, 0.2) is 71.7 Å². The van der Waals surface area contributed by atoms with E-state index in [2.05, 4.69) is 15.1 Å². The summed E-state index contributed by atoms with van der Waals surface area (Å²) in [5, 5.41) is 4.07. The van der Waals surface area contributed by atoms with E-state index in [-0.39, 0.29) is 0 Å². The van der Waals surface area contributed by atoms with Crippen molar-refractivity contribution in [1.82, 2.24) is 29.3 Å². The Labute approximate surface area is 218 Å². The lowest BCUT2D eigenvalue weighted by atomic mass is 10.0. The van der Waals surface area contributed by atoms with Crippen molar-refractivity contribution < 1.29 is 9.47 Å². The van der Waals surface area contributed by atoms with Gasteiger partial charge in [-0.25, -0.2) is 9.97 Å². The number of pyridine rings is 2. The van der Waals surface area contributed by atoms with Crippen LogP contribution in [0, 0.1) is 0 Å². The number of hydrogen-bond donors (Lipinski definition) is 0. The van der Waals surface area contributed by atoms with Crippen LogP contribution in [0.25, 0.3) is 22.2 Å². The summed E-state index contributed by atoms with van der Waals surface area (Å²) in [4.78, 5) is 16.0. The van der Waals surface area contributed by atoms with Gasteiger partial charge in [-0.1, -0.05) is 11.6 Å². The highest BCUT2D eigenvalue weighted by atomic mass is 35.5. The molecule has 0 aliphatic heterocycles. The Balaban J connectivity index is 1.65. The number of nitrogens with zero attached hydrogens (tertiary/aromatic N) is 7. The molecule has 11 heteroatoms. The first-order valence-corrected chi connectivity index (χ1v) is 12.0. The molecule has 4 aromatic heterocycles. The Kier molecular flexibility index (Phi) is 6.70. The van der Waals surface area contributed by atoms with E-state index in [9.17, 15) is 0 Å². The fraction of sp³-hybridized carbons (Fsp3) is 0.280. The van der Waals surface area contributed by atoms with E-state index in [1.807, 2.05) is 60.4 Å². The van der Waals surface area contributed by atoms with Crippen LogP contribution in [0.5, 0.6) is 0 Å². The minimum atomic E-state index is -0.584. The SMILES string of the molecule is COC1=CC(OC)C(Cl)C(N(Cc2nccn2C)c2ccc3ncc(-c4cnn(C)c4)cc3n2)=C1Cl. The van der Waals surface area contributed by atoms with Gasteiger partial charge in [0.15, 0.2) is 0 Å². The Morgan fingerprint density at radius 3 is 2.58 bits per heavy atom. The zero-order chi connectivity index (χ0) is 25.4. The first-order valence-electron chi connectivity index (χ1n) is 11.2. The van der Waals surface area contributed by atoms with E-state index in [1.165, 1.54) is 0 Å². The maximum atomic E-state index is 6.93. The standard InChI is InChI=1S/C25H25Cl2N7O2/c1-32-8-7-28-22(32)14-34(25-23(26)19(35-3)10-20(36-4)24(25)27)21-6-5-17-18(31-21)9-15(11-29-17)16-12-30-33(2)13-16/h5-13,19,23H,14H2,1-4H3. The molecule has 1 aliphatic rings. The molecular formula is C25H25Cl2N7O2. The lowest BCUT2D eigenvalue weighted by molar-refractivity contribution is 0.135. The normalized spacial score (nSPS) is 18.0. The van der Waals surface area contributed by atoms with Crippen LogP contribution >= 0.6 is 23.2 Å². The van der Waals surface area contributed by atoms with E-state index in [4.69, 9.17) is 37.7 Å². The highest BCUT2D eigenvalue weighted by Crippen LogP contribution is 2.38. The Morgan fingerprint density at radius 2 is 1.92 bits per heavy atom. The number of alkyl halides is 1. The van der Waals surface area contributed by atoms with Gasteiger partial charge in [-0.3, -0.25) is 9.67 Å². The van der Waals surface area contributed by atoms with Crippen LogP contribution in [0.3, 0.4) is 0 Å². The molecule has 0 fully saturated rings. The smallest absolute Gasteiger partial charge is 0.137 e. The van der Waals surface area contributed by atoms with Gasteiger partial charge in [0.1, 0.15) is 33.9 Å². The molecule has 9 nitrogen and oxygen atoms in total. The average Bonchev–Trinajstić information content (AvgIpc) is 3.50. The van der Waals surface area contributed by atoms with Crippen molar-refractivity contribution in [1.29, 1.82) is 0 Å². The number of ether oxygens (including phenoxy) is 2. The van der Waals surface area contributed by atoms with Gasteiger partial charge < -0.3 is 18.9 Å². The maximum absolute atomic E-state index is 6.93. The number of methoxy groups -OCH3 is 2. The minimum Gasteiger partial charge on any atom is -0.495 e. The predicted octanol–water partition coefficient (Wildman–Crippen LogP) is 4.39. The number of allylic oxidation sites excluding steroid dienone is 1. The Morgan fingerprint density at radius 1 is 1.08 bits per heavy atom. The van der Waals surface area contributed by atoms with Gasteiger partial charge >= 0.3 is 0 Å². The van der Waals surface area contributed by atoms with E-state index in [0.29, 0.717) is 28.9 Å². The fourth-order valence-electron chi connectivity index (χ4n) is 4.18. The van der Waals surface area contributed by atoms with Crippen LogP contribution in [0.2, 0.25) is 0 Å². The molecule has 0 spiro atoms. The molecular weight excluding hydrogens is 501 g/mol. The van der Waals surface area contributed by atoms with Crippen molar-refractivity contribution in [3.05, 3.63) is 77.6 Å².